The van der Waals surface area contributed by atoms with Gasteiger partial charge in [-0.15, -0.1) is 0 Å². The average molecular weight is 399 g/mol. The van der Waals surface area contributed by atoms with Gasteiger partial charge in [-0.05, 0) is 29.7 Å². The number of ether oxygens (including phenoxy) is 2. The summed E-state index contributed by atoms with van der Waals surface area (Å²) in [7, 11) is 3.30. The number of pyridine rings is 1. The highest BCUT2D eigenvalue weighted by Gasteiger charge is 2.13. The van der Waals surface area contributed by atoms with E-state index in [-0.39, 0.29) is 0 Å². The summed E-state index contributed by atoms with van der Waals surface area (Å²) in [4.78, 5) is 0. The lowest BCUT2D eigenvalue weighted by molar-refractivity contribution is -0.688. The van der Waals surface area contributed by atoms with Crippen molar-refractivity contribution in [3.63, 3.8) is 0 Å². The Morgan fingerprint density at radius 1 is 0.840 bits per heavy atom. The summed E-state index contributed by atoms with van der Waals surface area (Å²) >= 11 is 3.62. The van der Waals surface area contributed by atoms with Gasteiger partial charge in [0, 0.05) is 22.2 Å². The highest BCUT2D eigenvalue weighted by molar-refractivity contribution is 9.10. The molecule has 0 unspecified atom stereocenters. The molecule has 3 rings (SSSR count). The molecule has 3 aromatic rings. The van der Waals surface area contributed by atoms with Crippen LogP contribution in [-0.4, -0.2) is 14.2 Å². The molecule has 0 aliphatic heterocycles. The maximum absolute atomic E-state index is 5.40. The first-order valence-corrected chi connectivity index (χ1v) is 8.91. The largest absolute Gasteiger partial charge is 0.493 e. The van der Waals surface area contributed by atoms with Crippen molar-refractivity contribution in [3.8, 4) is 11.5 Å². The zero-order valence-electron chi connectivity index (χ0n) is 14.4. The van der Waals surface area contributed by atoms with Gasteiger partial charge < -0.3 is 9.47 Å². The summed E-state index contributed by atoms with van der Waals surface area (Å²) in [6, 6.07) is 18.8. The fraction of sp³-hybridized carbons (Fsp3) is 0.190. The Hall–Kier alpha value is -2.33. The van der Waals surface area contributed by atoms with Gasteiger partial charge in [-0.2, -0.15) is 0 Å². The van der Waals surface area contributed by atoms with Gasteiger partial charge in [0.25, 0.3) is 0 Å². The molecule has 0 radical (unpaired) electrons. The van der Waals surface area contributed by atoms with Crippen LogP contribution < -0.4 is 14.0 Å². The monoisotopic (exact) mass is 398 g/mol. The van der Waals surface area contributed by atoms with Gasteiger partial charge in [0.15, 0.2) is 30.4 Å². The highest BCUT2D eigenvalue weighted by Crippen LogP contribution is 2.33. The topological polar surface area (TPSA) is 22.3 Å². The third-order valence-corrected chi connectivity index (χ3v) is 4.85. The lowest BCUT2D eigenvalue weighted by Crippen LogP contribution is -2.33. The van der Waals surface area contributed by atoms with Gasteiger partial charge >= 0.3 is 0 Å². The molecule has 0 bridgehead atoms. The van der Waals surface area contributed by atoms with Crippen molar-refractivity contribution in [1.29, 1.82) is 0 Å². The summed E-state index contributed by atoms with van der Waals surface area (Å²) in [6.07, 6.45) is 5.17. The normalized spacial score (nSPS) is 10.5. The van der Waals surface area contributed by atoms with E-state index in [2.05, 4.69) is 69.3 Å². The molecule has 128 valence electrons. The lowest BCUT2D eigenvalue weighted by atomic mass is 10.1. The van der Waals surface area contributed by atoms with Crippen molar-refractivity contribution in [2.45, 2.75) is 13.0 Å². The lowest BCUT2D eigenvalue weighted by Gasteiger charge is -2.10. The van der Waals surface area contributed by atoms with Gasteiger partial charge in [0.1, 0.15) is 0 Å². The van der Waals surface area contributed by atoms with E-state index in [9.17, 15) is 0 Å². The van der Waals surface area contributed by atoms with Crippen LogP contribution >= 0.6 is 15.9 Å². The van der Waals surface area contributed by atoms with Crippen molar-refractivity contribution < 1.29 is 14.0 Å². The fourth-order valence-corrected chi connectivity index (χ4v) is 3.20. The Labute approximate surface area is 157 Å². The molecule has 0 N–H and O–H groups in total. The maximum atomic E-state index is 5.40. The quantitative estimate of drug-likeness (QED) is 0.574. The van der Waals surface area contributed by atoms with E-state index in [0.29, 0.717) is 0 Å². The van der Waals surface area contributed by atoms with E-state index in [4.69, 9.17) is 9.47 Å². The molecule has 1 heterocycles. The molecule has 2 aromatic carbocycles. The van der Waals surface area contributed by atoms with Crippen LogP contribution in [0.1, 0.15) is 16.7 Å². The number of benzene rings is 2. The van der Waals surface area contributed by atoms with Crippen molar-refractivity contribution >= 4 is 15.9 Å². The van der Waals surface area contributed by atoms with E-state index >= 15 is 0 Å². The van der Waals surface area contributed by atoms with Crippen LogP contribution in [0.25, 0.3) is 0 Å². The van der Waals surface area contributed by atoms with E-state index in [0.717, 1.165) is 34.5 Å². The third-order valence-electron chi connectivity index (χ3n) is 4.12. The molecule has 0 fully saturated rings. The molecule has 0 atom stereocenters. The highest BCUT2D eigenvalue weighted by atomic mass is 79.9. The first kappa shape index (κ1) is 17.5. The first-order chi connectivity index (χ1) is 12.2. The summed E-state index contributed by atoms with van der Waals surface area (Å²) in [6.45, 7) is 0.757. The second-order valence-corrected chi connectivity index (χ2v) is 6.69. The molecular formula is C21H21BrNO2+. The van der Waals surface area contributed by atoms with E-state index in [1.807, 2.05) is 18.2 Å². The van der Waals surface area contributed by atoms with Crippen LogP contribution in [0.5, 0.6) is 11.5 Å². The molecule has 3 nitrogen and oxygen atoms in total. The maximum Gasteiger partial charge on any atom is 0.175 e. The number of hydrogen-bond acceptors (Lipinski definition) is 2. The van der Waals surface area contributed by atoms with E-state index in [1.165, 1.54) is 11.1 Å². The molecule has 0 saturated carbocycles. The standard InChI is InChI=1S/C21H21BrNO2/c1-24-20-13-18(19(22)14-21(20)25-2)15-23-10-8-17(9-11-23)12-16-6-4-3-5-7-16/h3-11,13-14H,12,15H2,1-2H3/q+1. The Morgan fingerprint density at radius 2 is 1.44 bits per heavy atom. The van der Waals surface area contributed by atoms with Crippen molar-refractivity contribution in [2.75, 3.05) is 14.2 Å². The molecule has 0 spiro atoms. The second kappa shape index (κ2) is 8.17. The summed E-state index contributed by atoms with van der Waals surface area (Å²) in [5.41, 5.74) is 3.76. The fourth-order valence-electron chi connectivity index (χ4n) is 2.76. The molecule has 0 aliphatic carbocycles. The van der Waals surface area contributed by atoms with Crippen LogP contribution in [0.15, 0.2) is 71.5 Å². The number of rotatable bonds is 6. The van der Waals surface area contributed by atoms with Crippen molar-refractivity contribution in [1.82, 2.24) is 0 Å². The van der Waals surface area contributed by atoms with Crippen LogP contribution in [-0.2, 0) is 13.0 Å². The molecule has 1 aromatic heterocycles. The number of halogens is 1. The number of nitrogens with zero attached hydrogens (tertiary/aromatic N) is 1. The van der Waals surface area contributed by atoms with Gasteiger partial charge in [-0.25, -0.2) is 4.57 Å². The number of aromatic nitrogens is 1. The van der Waals surface area contributed by atoms with E-state index in [1.54, 1.807) is 14.2 Å². The van der Waals surface area contributed by atoms with Crippen molar-refractivity contribution in [2.24, 2.45) is 0 Å². The minimum Gasteiger partial charge on any atom is -0.493 e. The summed E-state index contributed by atoms with van der Waals surface area (Å²) in [5.74, 6) is 1.46. The second-order valence-electron chi connectivity index (χ2n) is 5.84. The summed E-state index contributed by atoms with van der Waals surface area (Å²) < 4.78 is 13.9. The van der Waals surface area contributed by atoms with Gasteiger partial charge in [-0.3, -0.25) is 0 Å². The predicted octanol–water partition coefficient (Wildman–Crippen LogP) is 4.39. The first-order valence-electron chi connectivity index (χ1n) is 8.12. The van der Waals surface area contributed by atoms with Crippen LogP contribution in [0.4, 0.5) is 0 Å². The zero-order chi connectivity index (χ0) is 17.6. The molecule has 0 amide bonds. The number of hydrogen-bond donors (Lipinski definition) is 0. The zero-order valence-corrected chi connectivity index (χ0v) is 16.0. The van der Waals surface area contributed by atoms with Crippen molar-refractivity contribution in [3.05, 3.63) is 88.2 Å². The van der Waals surface area contributed by atoms with Crippen LogP contribution in [0, 0.1) is 0 Å². The predicted molar refractivity (Wildman–Crippen MR) is 102 cm³/mol. The Balaban J connectivity index is 1.75. The molecular weight excluding hydrogens is 378 g/mol. The molecule has 0 aliphatic rings. The average Bonchev–Trinajstić information content (AvgIpc) is 2.65. The Morgan fingerprint density at radius 3 is 2.08 bits per heavy atom. The molecule has 4 heteroatoms. The Bertz CT molecular complexity index is 833. The molecule has 25 heavy (non-hydrogen) atoms. The molecule has 0 saturated heterocycles. The third kappa shape index (κ3) is 4.40. The van der Waals surface area contributed by atoms with E-state index < -0.39 is 0 Å². The van der Waals surface area contributed by atoms with Crippen LogP contribution in [0.2, 0.25) is 0 Å². The smallest absolute Gasteiger partial charge is 0.175 e. The van der Waals surface area contributed by atoms with Gasteiger partial charge in [0.05, 0.1) is 14.2 Å². The SMILES string of the molecule is COc1cc(Br)c(C[n+]2ccc(Cc3ccccc3)cc2)cc1OC. The Kier molecular flexibility index (Phi) is 5.71. The van der Waals surface area contributed by atoms with Gasteiger partial charge in [0.2, 0.25) is 0 Å². The minimum absolute atomic E-state index is 0.723. The van der Waals surface area contributed by atoms with Crippen LogP contribution in [0.3, 0.4) is 0 Å². The summed E-state index contributed by atoms with van der Waals surface area (Å²) in [5, 5.41) is 0. The minimum atomic E-state index is 0.723. The number of methoxy groups -OCH3 is 2. The van der Waals surface area contributed by atoms with Gasteiger partial charge in [-0.1, -0.05) is 46.3 Å².